The molecule has 0 aliphatic carbocycles. The molecular formula is C22H33N3O3. The van der Waals surface area contributed by atoms with E-state index in [4.69, 9.17) is 5.26 Å². The fraction of sp³-hybridized carbons (Fsp3) is 0.636. The van der Waals surface area contributed by atoms with Gasteiger partial charge in [-0.1, -0.05) is 26.7 Å². The molecule has 3 N–H and O–H groups in total. The lowest BCUT2D eigenvalue weighted by molar-refractivity contribution is -0.137. The van der Waals surface area contributed by atoms with Gasteiger partial charge in [-0.3, -0.25) is 4.79 Å². The average molecular weight is 388 g/mol. The summed E-state index contributed by atoms with van der Waals surface area (Å²) in [4.78, 5) is 14.3. The summed E-state index contributed by atoms with van der Waals surface area (Å²) in [6.45, 7) is 5.73. The van der Waals surface area contributed by atoms with E-state index in [1.807, 2.05) is 24.3 Å². The summed E-state index contributed by atoms with van der Waals surface area (Å²) in [6, 6.07) is 9.93. The van der Waals surface area contributed by atoms with Crippen molar-refractivity contribution in [2.24, 2.45) is 11.3 Å². The minimum absolute atomic E-state index is 0.233. The SMILES string of the molecule is CC(C)(CO)[C@@H](O)C(=O)NCCCCC1CCN(c2ccc(C#N)cc2)CC1. The molecule has 1 aromatic carbocycles. The normalized spacial score (nSPS) is 16.5. The number of nitriles is 1. The van der Waals surface area contributed by atoms with Crippen molar-refractivity contribution < 1.29 is 15.0 Å². The Balaban J connectivity index is 1.61. The molecule has 154 valence electrons. The molecule has 6 nitrogen and oxygen atoms in total. The molecule has 0 aromatic heterocycles. The molecule has 0 unspecified atom stereocenters. The molecule has 1 aliphatic rings. The minimum atomic E-state index is -1.19. The highest BCUT2D eigenvalue weighted by Crippen LogP contribution is 2.26. The third-order valence-corrected chi connectivity index (χ3v) is 5.71. The summed E-state index contributed by atoms with van der Waals surface area (Å²) >= 11 is 0. The van der Waals surface area contributed by atoms with Gasteiger partial charge in [-0.05, 0) is 49.4 Å². The molecule has 1 fully saturated rings. The van der Waals surface area contributed by atoms with E-state index in [-0.39, 0.29) is 6.61 Å². The van der Waals surface area contributed by atoms with Crippen LogP contribution in [0.3, 0.4) is 0 Å². The lowest BCUT2D eigenvalue weighted by Gasteiger charge is -2.33. The first-order valence-corrected chi connectivity index (χ1v) is 10.2. The molecule has 1 aromatic rings. The van der Waals surface area contributed by atoms with E-state index in [2.05, 4.69) is 16.3 Å². The number of carbonyl (C=O) groups excluding carboxylic acids is 1. The second kappa shape index (κ2) is 10.4. The number of hydrogen-bond donors (Lipinski definition) is 3. The van der Waals surface area contributed by atoms with E-state index in [1.165, 1.54) is 5.69 Å². The third kappa shape index (κ3) is 6.22. The van der Waals surface area contributed by atoms with Gasteiger partial charge in [-0.15, -0.1) is 0 Å². The molecule has 1 aliphatic heterocycles. The van der Waals surface area contributed by atoms with E-state index < -0.39 is 17.4 Å². The summed E-state index contributed by atoms with van der Waals surface area (Å²) < 4.78 is 0. The Morgan fingerprint density at radius 3 is 2.50 bits per heavy atom. The van der Waals surface area contributed by atoms with E-state index in [0.717, 1.165) is 45.2 Å². The van der Waals surface area contributed by atoms with E-state index in [1.54, 1.807) is 13.8 Å². The highest BCUT2D eigenvalue weighted by Gasteiger charge is 2.32. The van der Waals surface area contributed by atoms with Gasteiger partial charge in [-0.25, -0.2) is 0 Å². The lowest BCUT2D eigenvalue weighted by atomic mass is 9.87. The van der Waals surface area contributed by atoms with Gasteiger partial charge in [0.1, 0.15) is 6.10 Å². The van der Waals surface area contributed by atoms with Crippen molar-refractivity contribution in [1.29, 1.82) is 5.26 Å². The molecule has 28 heavy (non-hydrogen) atoms. The molecule has 6 heteroatoms. The first-order chi connectivity index (χ1) is 13.4. The monoisotopic (exact) mass is 387 g/mol. The van der Waals surface area contributed by atoms with Gasteiger partial charge in [0.2, 0.25) is 5.91 Å². The maximum atomic E-state index is 11.9. The highest BCUT2D eigenvalue weighted by molar-refractivity contribution is 5.81. The van der Waals surface area contributed by atoms with E-state index in [0.29, 0.717) is 18.0 Å². The first-order valence-electron chi connectivity index (χ1n) is 10.2. The summed E-state index contributed by atoms with van der Waals surface area (Å²) in [5, 5.41) is 30.8. The van der Waals surface area contributed by atoms with Gasteiger partial charge in [0.05, 0.1) is 18.2 Å². The predicted octanol–water partition coefficient (Wildman–Crippen LogP) is 2.44. The van der Waals surface area contributed by atoms with Crippen LogP contribution in [-0.2, 0) is 4.79 Å². The van der Waals surface area contributed by atoms with Crippen molar-refractivity contribution in [2.45, 2.75) is 52.1 Å². The van der Waals surface area contributed by atoms with Gasteiger partial charge < -0.3 is 20.4 Å². The number of benzene rings is 1. The molecule has 0 spiro atoms. The molecule has 2 rings (SSSR count). The topological polar surface area (TPSA) is 96.6 Å². The molecule has 1 atom stereocenters. The fourth-order valence-corrected chi connectivity index (χ4v) is 3.53. The maximum absolute atomic E-state index is 11.9. The number of rotatable bonds is 9. The van der Waals surface area contributed by atoms with Gasteiger partial charge in [0.25, 0.3) is 0 Å². The van der Waals surface area contributed by atoms with Crippen LogP contribution in [0.25, 0.3) is 0 Å². The molecule has 0 bridgehead atoms. The van der Waals surface area contributed by atoms with Crippen molar-refractivity contribution in [3.05, 3.63) is 29.8 Å². The summed E-state index contributed by atoms with van der Waals surface area (Å²) in [6.07, 6.45) is 4.24. The van der Waals surface area contributed by atoms with Crippen LogP contribution >= 0.6 is 0 Å². The Bertz CT molecular complexity index is 659. The zero-order chi connectivity index (χ0) is 20.6. The standard InChI is InChI=1S/C22H33N3O3/c1-22(2,16-26)20(27)21(28)24-12-4-3-5-17-10-13-25(14-11-17)19-8-6-18(15-23)7-9-19/h6-9,17,20,26-27H,3-5,10-14,16H2,1-2H3,(H,24,28)/t20-/m0/s1. The van der Waals surface area contributed by atoms with E-state index >= 15 is 0 Å². The predicted molar refractivity (Wildman–Crippen MR) is 110 cm³/mol. The largest absolute Gasteiger partial charge is 0.396 e. The van der Waals surface area contributed by atoms with Gasteiger partial charge >= 0.3 is 0 Å². The maximum Gasteiger partial charge on any atom is 0.249 e. The minimum Gasteiger partial charge on any atom is -0.396 e. The van der Waals surface area contributed by atoms with Crippen LogP contribution in [0.15, 0.2) is 24.3 Å². The highest BCUT2D eigenvalue weighted by atomic mass is 16.3. The Hall–Kier alpha value is -2.10. The average Bonchev–Trinajstić information content (AvgIpc) is 2.73. The number of aliphatic hydroxyl groups excluding tert-OH is 2. The zero-order valence-electron chi connectivity index (χ0n) is 17.0. The summed E-state index contributed by atoms with van der Waals surface area (Å²) in [5.41, 5.74) is 1.05. The molecule has 1 heterocycles. The summed E-state index contributed by atoms with van der Waals surface area (Å²) in [5.74, 6) is 0.305. The van der Waals surface area contributed by atoms with Crippen LogP contribution < -0.4 is 10.2 Å². The quantitative estimate of drug-likeness (QED) is 0.566. The Kier molecular flexibility index (Phi) is 8.28. The van der Waals surface area contributed by atoms with Crippen LogP contribution in [0, 0.1) is 22.7 Å². The second-order valence-electron chi connectivity index (χ2n) is 8.43. The van der Waals surface area contributed by atoms with Crippen molar-refractivity contribution in [2.75, 3.05) is 31.1 Å². The number of piperidine rings is 1. The second-order valence-corrected chi connectivity index (χ2v) is 8.43. The van der Waals surface area contributed by atoms with Gasteiger partial charge in [0.15, 0.2) is 0 Å². The van der Waals surface area contributed by atoms with Crippen molar-refractivity contribution in [3.8, 4) is 6.07 Å². The number of amides is 1. The molecule has 0 radical (unpaired) electrons. The molecule has 0 saturated carbocycles. The fourth-order valence-electron chi connectivity index (χ4n) is 3.53. The Morgan fingerprint density at radius 2 is 1.93 bits per heavy atom. The van der Waals surface area contributed by atoms with Crippen molar-refractivity contribution in [1.82, 2.24) is 5.32 Å². The van der Waals surface area contributed by atoms with Crippen molar-refractivity contribution >= 4 is 11.6 Å². The summed E-state index contributed by atoms with van der Waals surface area (Å²) in [7, 11) is 0. The molecule has 1 amide bonds. The van der Waals surface area contributed by atoms with Crippen LogP contribution in [0.2, 0.25) is 0 Å². The number of nitrogens with zero attached hydrogens (tertiary/aromatic N) is 2. The number of carbonyl (C=O) groups is 1. The van der Waals surface area contributed by atoms with Crippen LogP contribution in [-0.4, -0.2) is 48.5 Å². The van der Waals surface area contributed by atoms with E-state index in [9.17, 15) is 15.0 Å². The van der Waals surface area contributed by atoms with Gasteiger partial charge in [0, 0.05) is 30.7 Å². The van der Waals surface area contributed by atoms with Crippen LogP contribution in [0.1, 0.15) is 51.5 Å². The number of nitrogens with one attached hydrogen (secondary N) is 1. The van der Waals surface area contributed by atoms with Crippen LogP contribution in [0.5, 0.6) is 0 Å². The smallest absolute Gasteiger partial charge is 0.249 e. The third-order valence-electron chi connectivity index (χ3n) is 5.71. The number of anilines is 1. The number of aliphatic hydroxyl groups is 2. The van der Waals surface area contributed by atoms with Crippen LogP contribution in [0.4, 0.5) is 5.69 Å². The number of hydrogen-bond acceptors (Lipinski definition) is 5. The molecular weight excluding hydrogens is 354 g/mol. The van der Waals surface area contributed by atoms with Gasteiger partial charge in [-0.2, -0.15) is 5.26 Å². The first kappa shape index (κ1) is 22.2. The number of unbranched alkanes of at least 4 members (excludes halogenated alkanes) is 1. The van der Waals surface area contributed by atoms with Crippen molar-refractivity contribution in [3.63, 3.8) is 0 Å². The molecule has 1 saturated heterocycles. The Labute approximate surface area is 168 Å². The zero-order valence-corrected chi connectivity index (χ0v) is 17.0. The lowest BCUT2D eigenvalue weighted by Crippen LogP contribution is -2.45. The Morgan fingerprint density at radius 1 is 1.29 bits per heavy atom.